The zero-order chi connectivity index (χ0) is 14.2. The maximum absolute atomic E-state index is 12.2. The Hall–Kier alpha value is -1.52. The van der Waals surface area contributed by atoms with E-state index < -0.39 is 17.7 Å². The standard InChI is InChI=1S/C14H21NO4/c1-5-18-12(16)11-9-6-7-10(8-9)15(11)13(17)19-14(2,3)4/h6-7,9-11H,5,8H2,1-4H3. The van der Waals surface area contributed by atoms with Gasteiger partial charge < -0.3 is 9.47 Å². The van der Waals surface area contributed by atoms with Gasteiger partial charge in [-0.15, -0.1) is 0 Å². The van der Waals surface area contributed by atoms with E-state index in [9.17, 15) is 9.59 Å². The number of likely N-dealkylation sites (tertiary alicyclic amines) is 1. The van der Waals surface area contributed by atoms with E-state index in [2.05, 4.69) is 0 Å². The molecule has 5 heteroatoms. The van der Waals surface area contributed by atoms with Crippen molar-refractivity contribution in [3.05, 3.63) is 12.2 Å². The molecule has 106 valence electrons. The maximum Gasteiger partial charge on any atom is 0.411 e. The Kier molecular flexibility index (Phi) is 3.56. The maximum atomic E-state index is 12.2. The van der Waals surface area contributed by atoms with E-state index in [1.54, 1.807) is 6.92 Å². The lowest BCUT2D eigenvalue weighted by atomic mass is 10.0. The van der Waals surface area contributed by atoms with Crippen LogP contribution >= 0.6 is 0 Å². The van der Waals surface area contributed by atoms with E-state index in [0.29, 0.717) is 6.61 Å². The van der Waals surface area contributed by atoms with Gasteiger partial charge in [0.25, 0.3) is 0 Å². The summed E-state index contributed by atoms with van der Waals surface area (Å²) in [5.74, 6) is -0.290. The van der Waals surface area contributed by atoms with Gasteiger partial charge in [0.05, 0.1) is 12.6 Å². The van der Waals surface area contributed by atoms with Crippen molar-refractivity contribution in [1.29, 1.82) is 0 Å². The molecule has 1 heterocycles. The van der Waals surface area contributed by atoms with E-state index in [0.717, 1.165) is 6.42 Å². The molecule has 0 N–H and O–H groups in total. The number of carbonyl (C=O) groups excluding carboxylic acids is 2. The van der Waals surface area contributed by atoms with Crippen LogP contribution in [0.25, 0.3) is 0 Å². The minimum Gasteiger partial charge on any atom is -0.464 e. The van der Waals surface area contributed by atoms with Crippen LogP contribution in [0.1, 0.15) is 34.1 Å². The van der Waals surface area contributed by atoms with E-state index in [1.165, 1.54) is 4.90 Å². The van der Waals surface area contributed by atoms with Crippen molar-refractivity contribution in [3.63, 3.8) is 0 Å². The fourth-order valence-corrected chi connectivity index (χ4v) is 2.64. The Balaban J connectivity index is 2.15. The monoisotopic (exact) mass is 267 g/mol. The Morgan fingerprint density at radius 1 is 1.32 bits per heavy atom. The Morgan fingerprint density at radius 2 is 2.00 bits per heavy atom. The molecule has 0 aromatic heterocycles. The second kappa shape index (κ2) is 4.87. The molecule has 0 aromatic carbocycles. The van der Waals surface area contributed by atoms with Crippen LogP contribution in [0.4, 0.5) is 4.79 Å². The molecule has 0 saturated carbocycles. The van der Waals surface area contributed by atoms with Gasteiger partial charge in [-0.1, -0.05) is 12.2 Å². The second-order valence-corrected chi connectivity index (χ2v) is 5.94. The molecule has 5 nitrogen and oxygen atoms in total. The van der Waals surface area contributed by atoms with Crippen LogP contribution in [-0.2, 0) is 14.3 Å². The molecule has 0 aromatic rings. The molecule has 0 spiro atoms. The van der Waals surface area contributed by atoms with Gasteiger partial charge in [0.1, 0.15) is 11.6 Å². The zero-order valence-corrected chi connectivity index (χ0v) is 11.9. The van der Waals surface area contributed by atoms with Gasteiger partial charge in [-0.05, 0) is 34.1 Å². The smallest absolute Gasteiger partial charge is 0.411 e. The van der Waals surface area contributed by atoms with Crippen molar-refractivity contribution in [2.75, 3.05) is 6.61 Å². The summed E-state index contributed by atoms with van der Waals surface area (Å²) in [6, 6.07) is -0.584. The molecule has 1 aliphatic carbocycles. The lowest BCUT2D eigenvalue weighted by Crippen LogP contribution is -2.49. The number of ether oxygens (including phenoxy) is 2. The highest BCUT2D eigenvalue weighted by molar-refractivity contribution is 5.84. The predicted molar refractivity (Wildman–Crippen MR) is 69.5 cm³/mol. The third kappa shape index (κ3) is 2.74. The van der Waals surface area contributed by atoms with Gasteiger partial charge >= 0.3 is 12.1 Å². The van der Waals surface area contributed by atoms with Crippen molar-refractivity contribution in [2.45, 2.75) is 51.8 Å². The molecule has 1 amide bonds. The zero-order valence-electron chi connectivity index (χ0n) is 11.9. The summed E-state index contributed by atoms with van der Waals surface area (Å²) >= 11 is 0. The lowest BCUT2D eigenvalue weighted by molar-refractivity contribution is -0.149. The number of fused-ring (bicyclic) bond motifs is 2. The molecule has 0 radical (unpaired) electrons. The quantitative estimate of drug-likeness (QED) is 0.568. The molecular formula is C14H21NO4. The summed E-state index contributed by atoms with van der Waals surface area (Å²) in [6.45, 7) is 7.52. The van der Waals surface area contributed by atoms with E-state index >= 15 is 0 Å². The van der Waals surface area contributed by atoms with Crippen LogP contribution in [0.15, 0.2) is 12.2 Å². The molecule has 2 rings (SSSR count). The van der Waals surface area contributed by atoms with Crippen molar-refractivity contribution in [1.82, 2.24) is 4.90 Å². The lowest BCUT2D eigenvalue weighted by Gasteiger charge is -2.32. The number of hydrogen-bond acceptors (Lipinski definition) is 4. The SMILES string of the molecule is CCOC(=O)C1C2C=CC(C2)N1C(=O)OC(C)(C)C. The van der Waals surface area contributed by atoms with Crippen LogP contribution in [0.5, 0.6) is 0 Å². The van der Waals surface area contributed by atoms with Crippen molar-refractivity contribution < 1.29 is 19.1 Å². The number of amides is 1. The largest absolute Gasteiger partial charge is 0.464 e. The van der Waals surface area contributed by atoms with E-state index in [4.69, 9.17) is 9.47 Å². The minimum absolute atomic E-state index is 0.0470. The molecule has 3 atom stereocenters. The average Bonchev–Trinajstić information content (AvgIpc) is 2.85. The summed E-state index contributed by atoms with van der Waals surface area (Å²) in [4.78, 5) is 25.8. The van der Waals surface area contributed by atoms with Gasteiger partial charge in [0.15, 0.2) is 0 Å². The number of esters is 1. The van der Waals surface area contributed by atoms with Crippen LogP contribution in [0, 0.1) is 5.92 Å². The molecule has 19 heavy (non-hydrogen) atoms. The molecule has 1 fully saturated rings. The molecule has 1 aliphatic heterocycles. The molecule has 2 bridgehead atoms. The summed E-state index contributed by atoms with van der Waals surface area (Å²) < 4.78 is 10.4. The van der Waals surface area contributed by atoms with E-state index in [-0.39, 0.29) is 17.9 Å². The van der Waals surface area contributed by atoms with Gasteiger partial charge in [0, 0.05) is 5.92 Å². The highest BCUT2D eigenvalue weighted by atomic mass is 16.6. The van der Waals surface area contributed by atoms with Crippen LogP contribution in [-0.4, -0.2) is 41.3 Å². The topological polar surface area (TPSA) is 55.8 Å². The van der Waals surface area contributed by atoms with E-state index in [1.807, 2.05) is 32.9 Å². The minimum atomic E-state index is -0.568. The third-order valence-corrected chi connectivity index (χ3v) is 3.29. The Morgan fingerprint density at radius 3 is 2.58 bits per heavy atom. The summed E-state index contributed by atoms with van der Waals surface area (Å²) in [6.07, 6.45) is 4.29. The van der Waals surface area contributed by atoms with Crippen LogP contribution in [0.3, 0.4) is 0 Å². The van der Waals surface area contributed by atoms with Gasteiger partial charge in [-0.25, -0.2) is 9.59 Å². The fourth-order valence-electron chi connectivity index (χ4n) is 2.64. The first-order chi connectivity index (χ1) is 8.83. The normalized spacial score (nSPS) is 28.6. The van der Waals surface area contributed by atoms with Gasteiger partial charge in [-0.3, -0.25) is 4.90 Å². The Bertz CT molecular complexity index is 410. The summed E-state index contributed by atoms with van der Waals surface area (Å²) in [5, 5.41) is 0. The summed E-state index contributed by atoms with van der Waals surface area (Å²) in [5.41, 5.74) is -0.568. The number of hydrogen-bond donors (Lipinski definition) is 0. The highest BCUT2D eigenvalue weighted by Gasteiger charge is 2.50. The molecular weight excluding hydrogens is 246 g/mol. The van der Waals surface area contributed by atoms with Crippen LogP contribution in [0.2, 0.25) is 0 Å². The van der Waals surface area contributed by atoms with Crippen molar-refractivity contribution in [2.24, 2.45) is 5.92 Å². The molecule has 3 unspecified atom stereocenters. The number of carbonyl (C=O) groups is 2. The first-order valence-corrected chi connectivity index (χ1v) is 6.69. The van der Waals surface area contributed by atoms with Gasteiger partial charge in [0.2, 0.25) is 0 Å². The summed E-state index contributed by atoms with van der Waals surface area (Å²) in [7, 11) is 0. The Labute approximate surface area is 113 Å². The number of rotatable bonds is 2. The second-order valence-electron chi connectivity index (χ2n) is 5.94. The predicted octanol–water partition coefficient (Wildman–Crippen LogP) is 2.11. The van der Waals surface area contributed by atoms with Crippen molar-refractivity contribution in [3.8, 4) is 0 Å². The first-order valence-electron chi connectivity index (χ1n) is 6.69. The molecule has 1 saturated heterocycles. The average molecular weight is 267 g/mol. The number of nitrogens with zero attached hydrogens (tertiary/aromatic N) is 1. The van der Waals surface area contributed by atoms with Crippen LogP contribution < -0.4 is 0 Å². The third-order valence-electron chi connectivity index (χ3n) is 3.29. The fraction of sp³-hybridized carbons (Fsp3) is 0.714. The highest BCUT2D eigenvalue weighted by Crippen LogP contribution is 2.38. The van der Waals surface area contributed by atoms with Gasteiger partial charge in [-0.2, -0.15) is 0 Å². The first kappa shape index (κ1) is 13.9. The van der Waals surface area contributed by atoms with Crippen molar-refractivity contribution >= 4 is 12.1 Å². The molecule has 2 aliphatic rings.